The Kier molecular flexibility index (Phi) is 3.10. The summed E-state index contributed by atoms with van der Waals surface area (Å²) in [7, 11) is 0. The summed E-state index contributed by atoms with van der Waals surface area (Å²) < 4.78 is 0. The molecule has 1 aliphatic rings. The first kappa shape index (κ1) is 11.0. The van der Waals surface area contributed by atoms with Gasteiger partial charge in [0.15, 0.2) is 0 Å². The molecule has 0 saturated carbocycles. The molecule has 1 aromatic rings. The van der Waals surface area contributed by atoms with Crippen LogP contribution in [-0.4, -0.2) is 17.9 Å². The molecule has 2 rings (SSSR count). The van der Waals surface area contributed by atoms with Gasteiger partial charge in [-0.25, -0.2) is 0 Å². The van der Waals surface area contributed by atoms with Crippen molar-refractivity contribution < 1.29 is 9.59 Å². The van der Waals surface area contributed by atoms with E-state index in [4.69, 9.17) is 11.6 Å². The van der Waals surface area contributed by atoms with Gasteiger partial charge in [0.25, 0.3) is 0 Å². The van der Waals surface area contributed by atoms with Crippen molar-refractivity contribution in [2.75, 3.05) is 5.32 Å². The number of hydrogen-bond donors (Lipinski definition) is 2. The zero-order valence-corrected chi connectivity index (χ0v) is 9.25. The number of para-hydroxylation sites is 1. The fourth-order valence-electron chi connectivity index (χ4n) is 1.60. The summed E-state index contributed by atoms with van der Waals surface area (Å²) >= 11 is 5.96. The molecule has 1 fully saturated rings. The molecular weight excluding hydrogens is 228 g/mol. The van der Waals surface area contributed by atoms with E-state index < -0.39 is 6.04 Å². The Hall–Kier alpha value is -1.55. The Morgan fingerprint density at radius 3 is 2.75 bits per heavy atom. The predicted molar refractivity (Wildman–Crippen MR) is 61.2 cm³/mol. The molecule has 4 nitrogen and oxygen atoms in total. The molecule has 2 amide bonds. The number of carbonyl (C=O) groups is 2. The molecule has 1 heterocycles. The number of rotatable bonds is 2. The summed E-state index contributed by atoms with van der Waals surface area (Å²) in [4.78, 5) is 22.4. The van der Waals surface area contributed by atoms with E-state index in [9.17, 15) is 9.59 Å². The molecule has 1 aliphatic heterocycles. The zero-order valence-electron chi connectivity index (χ0n) is 8.50. The molecule has 0 aliphatic carbocycles. The molecular formula is C11H11ClN2O2. The standard InChI is InChI=1S/C11H11ClN2O2/c12-7-3-1-2-4-8(7)13-9-5-6-10(15)14-11(9)16/h1-4,9,13H,5-6H2,(H,14,15,16). The Morgan fingerprint density at radius 1 is 1.31 bits per heavy atom. The van der Waals surface area contributed by atoms with Gasteiger partial charge in [0.05, 0.1) is 10.7 Å². The van der Waals surface area contributed by atoms with Crippen LogP contribution in [0.5, 0.6) is 0 Å². The number of nitrogens with one attached hydrogen (secondary N) is 2. The average Bonchev–Trinajstić information content (AvgIpc) is 2.25. The summed E-state index contributed by atoms with van der Waals surface area (Å²) in [5, 5.41) is 5.87. The van der Waals surface area contributed by atoms with Crippen molar-refractivity contribution in [3.8, 4) is 0 Å². The van der Waals surface area contributed by atoms with E-state index in [1.54, 1.807) is 12.1 Å². The summed E-state index contributed by atoms with van der Waals surface area (Å²) in [6, 6.07) is 6.80. The van der Waals surface area contributed by atoms with Crippen LogP contribution in [0.3, 0.4) is 0 Å². The second kappa shape index (κ2) is 4.53. The maximum Gasteiger partial charge on any atom is 0.249 e. The number of imide groups is 1. The fourth-order valence-corrected chi connectivity index (χ4v) is 1.79. The molecule has 1 aromatic carbocycles. The number of hydrogen-bond acceptors (Lipinski definition) is 3. The number of halogens is 1. The molecule has 0 radical (unpaired) electrons. The van der Waals surface area contributed by atoms with Crippen LogP contribution in [0.25, 0.3) is 0 Å². The van der Waals surface area contributed by atoms with Crippen LogP contribution in [0.1, 0.15) is 12.8 Å². The summed E-state index contributed by atoms with van der Waals surface area (Å²) in [5.41, 5.74) is 0.707. The van der Waals surface area contributed by atoms with Crippen molar-refractivity contribution in [1.82, 2.24) is 5.32 Å². The average molecular weight is 239 g/mol. The molecule has 5 heteroatoms. The molecule has 84 valence electrons. The van der Waals surface area contributed by atoms with Crippen molar-refractivity contribution in [3.63, 3.8) is 0 Å². The third-order valence-electron chi connectivity index (χ3n) is 2.44. The van der Waals surface area contributed by atoms with Gasteiger partial charge >= 0.3 is 0 Å². The van der Waals surface area contributed by atoms with Gasteiger partial charge in [-0.15, -0.1) is 0 Å². The lowest BCUT2D eigenvalue weighted by atomic mass is 10.1. The minimum absolute atomic E-state index is 0.220. The van der Waals surface area contributed by atoms with Crippen molar-refractivity contribution in [2.45, 2.75) is 18.9 Å². The van der Waals surface area contributed by atoms with Gasteiger partial charge in [-0.1, -0.05) is 23.7 Å². The van der Waals surface area contributed by atoms with Crippen LogP contribution in [0.15, 0.2) is 24.3 Å². The summed E-state index contributed by atoms with van der Waals surface area (Å²) in [5.74, 6) is -0.515. The molecule has 1 saturated heterocycles. The van der Waals surface area contributed by atoms with E-state index in [1.165, 1.54) is 0 Å². The topological polar surface area (TPSA) is 58.2 Å². The maximum atomic E-state index is 11.5. The van der Waals surface area contributed by atoms with Crippen LogP contribution in [0.4, 0.5) is 5.69 Å². The normalized spacial score (nSPS) is 20.4. The molecule has 1 atom stereocenters. The lowest BCUT2D eigenvalue weighted by Crippen LogP contribution is -2.47. The number of carbonyl (C=O) groups excluding carboxylic acids is 2. The van der Waals surface area contributed by atoms with Gasteiger partial charge in [0.1, 0.15) is 6.04 Å². The van der Waals surface area contributed by atoms with Crippen LogP contribution in [0, 0.1) is 0 Å². The van der Waals surface area contributed by atoms with E-state index in [2.05, 4.69) is 10.6 Å². The van der Waals surface area contributed by atoms with Crippen molar-refractivity contribution >= 4 is 29.1 Å². The minimum Gasteiger partial charge on any atom is -0.372 e. The highest BCUT2D eigenvalue weighted by Gasteiger charge is 2.26. The monoisotopic (exact) mass is 238 g/mol. The fraction of sp³-hybridized carbons (Fsp3) is 0.273. The van der Waals surface area contributed by atoms with E-state index in [-0.39, 0.29) is 11.8 Å². The lowest BCUT2D eigenvalue weighted by molar-refractivity contribution is -0.133. The second-order valence-electron chi connectivity index (χ2n) is 3.63. The van der Waals surface area contributed by atoms with Crippen molar-refractivity contribution in [1.29, 1.82) is 0 Å². The molecule has 0 spiro atoms. The van der Waals surface area contributed by atoms with E-state index in [1.807, 2.05) is 12.1 Å². The van der Waals surface area contributed by atoms with Gasteiger partial charge in [-0.3, -0.25) is 14.9 Å². The molecule has 16 heavy (non-hydrogen) atoms. The number of benzene rings is 1. The third-order valence-corrected chi connectivity index (χ3v) is 2.77. The van der Waals surface area contributed by atoms with Gasteiger partial charge in [0.2, 0.25) is 11.8 Å². The summed E-state index contributed by atoms with van der Waals surface area (Å²) in [6.07, 6.45) is 0.851. The predicted octanol–water partition coefficient (Wildman–Crippen LogP) is 1.56. The number of anilines is 1. The van der Waals surface area contributed by atoms with E-state index in [0.717, 1.165) is 0 Å². The van der Waals surface area contributed by atoms with Gasteiger partial charge in [-0.05, 0) is 18.6 Å². The molecule has 2 N–H and O–H groups in total. The van der Waals surface area contributed by atoms with Gasteiger partial charge in [-0.2, -0.15) is 0 Å². The second-order valence-corrected chi connectivity index (χ2v) is 4.04. The highest BCUT2D eigenvalue weighted by molar-refractivity contribution is 6.33. The Balaban J connectivity index is 2.08. The van der Waals surface area contributed by atoms with Gasteiger partial charge in [0, 0.05) is 6.42 Å². The van der Waals surface area contributed by atoms with Crippen molar-refractivity contribution in [3.05, 3.63) is 29.3 Å². The SMILES string of the molecule is O=C1CCC(Nc2ccccc2Cl)C(=O)N1. The first-order chi connectivity index (χ1) is 7.66. The highest BCUT2D eigenvalue weighted by Crippen LogP contribution is 2.22. The Morgan fingerprint density at radius 2 is 2.06 bits per heavy atom. The summed E-state index contributed by atoms with van der Waals surface area (Å²) in [6.45, 7) is 0. The lowest BCUT2D eigenvalue weighted by Gasteiger charge is -2.23. The zero-order chi connectivity index (χ0) is 11.5. The van der Waals surface area contributed by atoms with Crippen LogP contribution < -0.4 is 10.6 Å². The molecule has 0 aromatic heterocycles. The molecule has 0 bridgehead atoms. The first-order valence-corrected chi connectivity index (χ1v) is 5.39. The maximum absolute atomic E-state index is 11.5. The largest absolute Gasteiger partial charge is 0.372 e. The van der Waals surface area contributed by atoms with E-state index >= 15 is 0 Å². The van der Waals surface area contributed by atoms with Crippen LogP contribution in [0.2, 0.25) is 5.02 Å². The number of amides is 2. The third kappa shape index (κ3) is 2.33. The Bertz CT molecular complexity index is 434. The van der Waals surface area contributed by atoms with Crippen LogP contribution >= 0.6 is 11.6 Å². The first-order valence-electron chi connectivity index (χ1n) is 5.01. The minimum atomic E-state index is -0.391. The quantitative estimate of drug-likeness (QED) is 0.769. The van der Waals surface area contributed by atoms with Crippen molar-refractivity contribution in [2.24, 2.45) is 0 Å². The van der Waals surface area contributed by atoms with Crippen LogP contribution in [-0.2, 0) is 9.59 Å². The highest BCUT2D eigenvalue weighted by atomic mass is 35.5. The van der Waals surface area contributed by atoms with Gasteiger partial charge < -0.3 is 5.32 Å². The smallest absolute Gasteiger partial charge is 0.249 e. The number of piperidine rings is 1. The van der Waals surface area contributed by atoms with E-state index in [0.29, 0.717) is 23.6 Å². The molecule has 1 unspecified atom stereocenters. The Labute approximate surface area is 98.0 Å².